The van der Waals surface area contributed by atoms with E-state index in [2.05, 4.69) is 18.3 Å². The van der Waals surface area contributed by atoms with Crippen LogP contribution in [0.5, 0.6) is 0 Å². The second-order valence-corrected chi connectivity index (χ2v) is 4.54. The maximum Gasteiger partial charge on any atom is 0.319 e. The van der Waals surface area contributed by atoms with Crippen molar-refractivity contribution in [3.05, 3.63) is 0 Å². The number of rotatable bonds is 4. The van der Waals surface area contributed by atoms with Crippen molar-refractivity contribution in [2.75, 3.05) is 13.2 Å². The third kappa shape index (κ3) is 3.49. The first-order valence-electron chi connectivity index (χ1n) is 5.94. The maximum absolute atomic E-state index is 11.2. The molecule has 1 aliphatic rings. The minimum atomic E-state index is -0.515. The van der Waals surface area contributed by atoms with Gasteiger partial charge in [-0.1, -0.05) is 6.92 Å². The lowest BCUT2D eigenvalue weighted by atomic mass is 9.78. The van der Waals surface area contributed by atoms with E-state index in [0.717, 1.165) is 25.7 Å². The number of esters is 1. The summed E-state index contributed by atoms with van der Waals surface area (Å²) < 4.78 is 4.83. The predicted molar refractivity (Wildman–Crippen MR) is 60.6 cm³/mol. The van der Waals surface area contributed by atoms with Gasteiger partial charge in [0.05, 0.1) is 19.2 Å². The first-order chi connectivity index (χ1) is 7.62. The zero-order valence-electron chi connectivity index (χ0n) is 10.1. The van der Waals surface area contributed by atoms with Crippen molar-refractivity contribution < 1.29 is 9.53 Å². The van der Waals surface area contributed by atoms with E-state index in [1.165, 1.54) is 0 Å². The molecule has 4 nitrogen and oxygen atoms in total. The van der Waals surface area contributed by atoms with E-state index in [-0.39, 0.29) is 12.5 Å². The van der Waals surface area contributed by atoms with Gasteiger partial charge in [0.15, 0.2) is 0 Å². The van der Waals surface area contributed by atoms with Gasteiger partial charge in [0.2, 0.25) is 0 Å². The highest BCUT2D eigenvalue weighted by Gasteiger charge is 2.34. The van der Waals surface area contributed by atoms with Gasteiger partial charge in [-0.3, -0.25) is 10.1 Å². The zero-order valence-corrected chi connectivity index (χ0v) is 10.1. The molecule has 0 aromatic carbocycles. The van der Waals surface area contributed by atoms with E-state index in [1.807, 2.05) is 0 Å². The molecule has 0 aliphatic heterocycles. The number of ether oxygens (including phenoxy) is 1. The highest BCUT2D eigenvalue weighted by atomic mass is 16.5. The quantitative estimate of drug-likeness (QED) is 0.737. The van der Waals surface area contributed by atoms with Crippen LogP contribution in [0, 0.1) is 17.2 Å². The number of nitrogens with zero attached hydrogens (tertiary/aromatic N) is 1. The number of carbonyl (C=O) groups is 1. The fraction of sp³-hybridized carbons (Fsp3) is 0.833. The molecule has 1 saturated carbocycles. The molecule has 0 bridgehead atoms. The smallest absolute Gasteiger partial charge is 0.319 e. The average molecular weight is 224 g/mol. The summed E-state index contributed by atoms with van der Waals surface area (Å²) >= 11 is 0. The molecule has 1 N–H and O–H groups in total. The van der Waals surface area contributed by atoms with Gasteiger partial charge < -0.3 is 4.74 Å². The summed E-state index contributed by atoms with van der Waals surface area (Å²) in [6.07, 6.45) is 3.74. The first-order valence-corrected chi connectivity index (χ1v) is 5.94. The van der Waals surface area contributed by atoms with E-state index in [0.29, 0.717) is 12.5 Å². The summed E-state index contributed by atoms with van der Waals surface area (Å²) in [5, 5.41) is 12.3. The fourth-order valence-corrected chi connectivity index (χ4v) is 2.04. The van der Waals surface area contributed by atoms with Gasteiger partial charge in [-0.2, -0.15) is 5.26 Å². The topological polar surface area (TPSA) is 62.1 Å². The number of hydrogen-bond donors (Lipinski definition) is 1. The highest BCUT2D eigenvalue weighted by Crippen LogP contribution is 2.31. The molecule has 16 heavy (non-hydrogen) atoms. The number of nitriles is 1. The van der Waals surface area contributed by atoms with Crippen molar-refractivity contribution in [2.45, 2.75) is 45.1 Å². The molecule has 0 aromatic heterocycles. The Morgan fingerprint density at radius 1 is 1.56 bits per heavy atom. The van der Waals surface area contributed by atoms with Gasteiger partial charge >= 0.3 is 5.97 Å². The van der Waals surface area contributed by atoms with Gasteiger partial charge in [-0.05, 0) is 38.5 Å². The van der Waals surface area contributed by atoms with Crippen LogP contribution < -0.4 is 5.32 Å². The summed E-state index contributed by atoms with van der Waals surface area (Å²) in [5.74, 6) is 0.404. The van der Waals surface area contributed by atoms with Crippen LogP contribution in [0.3, 0.4) is 0 Å². The Balaban J connectivity index is 2.43. The lowest BCUT2D eigenvalue weighted by Crippen LogP contribution is -2.48. The molecule has 1 fully saturated rings. The summed E-state index contributed by atoms with van der Waals surface area (Å²) in [6.45, 7) is 4.50. The molecule has 1 aliphatic carbocycles. The van der Waals surface area contributed by atoms with E-state index < -0.39 is 5.54 Å². The van der Waals surface area contributed by atoms with Crippen molar-refractivity contribution in [1.82, 2.24) is 5.32 Å². The van der Waals surface area contributed by atoms with Crippen LogP contribution in [-0.2, 0) is 9.53 Å². The summed E-state index contributed by atoms with van der Waals surface area (Å²) in [6, 6.07) is 2.32. The van der Waals surface area contributed by atoms with Gasteiger partial charge in [-0.15, -0.1) is 0 Å². The number of hydrogen-bond acceptors (Lipinski definition) is 4. The Kier molecular flexibility index (Phi) is 4.75. The Morgan fingerprint density at radius 2 is 2.19 bits per heavy atom. The van der Waals surface area contributed by atoms with Crippen molar-refractivity contribution in [1.29, 1.82) is 5.26 Å². The molecular weight excluding hydrogens is 204 g/mol. The van der Waals surface area contributed by atoms with Crippen LogP contribution in [0.15, 0.2) is 0 Å². The van der Waals surface area contributed by atoms with Gasteiger partial charge in [-0.25, -0.2) is 0 Å². The molecule has 0 saturated heterocycles. The van der Waals surface area contributed by atoms with E-state index in [1.54, 1.807) is 6.92 Å². The largest absolute Gasteiger partial charge is 0.465 e. The SMILES string of the molecule is CCOC(=O)CNC1(C#N)CCC(C)CC1. The molecule has 1 rings (SSSR count). The fourth-order valence-electron chi connectivity index (χ4n) is 2.04. The van der Waals surface area contributed by atoms with Crippen molar-refractivity contribution in [3.8, 4) is 6.07 Å². The number of carbonyl (C=O) groups excluding carboxylic acids is 1. The Morgan fingerprint density at radius 3 is 2.69 bits per heavy atom. The summed E-state index contributed by atoms with van der Waals surface area (Å²) in [5.41, 5.74) is -0.515. The second kappa shape index (κ2) is 5.86. The van der Waals surface area contributed by atoms with Gasteiger partial charge in [0, 0.05) is 0 Å². The van der Waals surface area contributed by atoms with Crippen LogP contribution in [0.2, 0.25) is 0 Å². The minimum Gasteiger partial charge on any atom is -0.465 e. The molecule has 0 amide bonds. The van der Waals surface area contributed by atoms with E-state index in [4.69, 9.17) is 4.74 Å². The molecule has 0 atom stereocenters. The van der Waals surface area contributed by atoms with Crippen molar-refractivity contribution in [3.63, 3.8) is 0 Å². The summed E-state index contributed by atoms with van der Waals surface area (Å²) in [4.78, 5) is 11.2. The molecule has 0 radical (unpaired) electrons. The van der Waals surface area contributed by atoms with Crippen molar-refractivity contribution in [2.24, 2.45) is 5.92 Å². The minimum absolute atomic E-state index is 0.135. The van der Waals surface area contributed by atoms with E-state index >= 15 is 0 Å². The number of nitrogens with one attached hydrogen (secondary N) is 1. The third-order valence-corrected chi connectivity index (χ3v) is 3.22. The van der Waals surface area contributed by atoms with Crippen LogP contribution >= 0.6 is 0 Å². The Bertz CT molecular complexity index is 275. The summed E-state index contributed by atoms with van der Waals surface area (Å²) in [7, 11) is 0. The molecule has 0 unspecified atom stereocenters. The molecular formula is C12H20N2O2. The Labute approximate surface area is 97.0 Å². The van der Waals surface area contributed by atoms with Gasteiger partial charge in [0.1, 0.15) is 5.54 Å². The predicted octanol–water partition coefficient (Wildman–Crippen LogP) is 1.61. The lowest BCUT2D eigenvalue weighted by molar-refractivity contribution is -0.142. The van der Waals surface area contributed by atoms with Crippen LogP contribution in [0.25, 0.3) is 0 Å². The first kappa shape index (κ1) is 13.0. The Hall–Kier alpha value is -1.08. The van der Waals surface area contributed by atoms with Crippen LogP contribution in [0.4, 0.5) is 0 Å². The van der Waals surface area contributed by atoms with Crippen LogP contribution in [-0.4, -0.2) is 24.7 Å². The highest BCUT2D eigenvalue weighted by molar-refractivity contribution is 5.71. The zero-order chi connectivity index (χ0) is 12.0. The molecule has 0 aromatic rings. The maximum atomic E-state index is 11.2. The standard InChI is InChI=1S/C12H20N2O2/c1-3-16-11(15)8-14-12(9-13)6-4-10(2)5-7-12/h10,14H,3-8H2,1-2H3. The molecule has 0 spiro atoms. The lowest BCUT2D eigenvalue weighted by Gasteiger charge is -2.34. The van der Waals surface area contributed by atoms with Crippen molar-refractivity contribution >= 4 is 5.97 Å². The van der Waals surface area contributed by atoms with Crippen LogP contribution in [0.1, 0.15) is 39.5 Å². The van der Waals surface area contributed by atoms with E-state index in [9.17, 15) is 10.1 Å². The normalized spacial score (nSPS) is 29.4. The average Bonchev–Trinajstić information content (AvgIpc) is 2.30. The van der Waals surface area contributed by atoms with Gasteiger partial charge in [0.25, 0.3) is 0 Å². The third-order valence-electron chi connectivity index (χ3n) is 3.22. The molecule has 0 heterocycles. The monoisotopic (exact) mass is 224 g/mol. The second-order valence-electron chi connectivity index (χ2n) is 4.54. The molecule has 90 valence electrons. The molecule has 4 heteroatoms.